The summed E-state index contributed by atoms with van der Waals surface area (Å²) < 4.78 is 0. The molecule has 0 spiro atoms. The van der Waals surface area contributed by atoms with Crippen LogP contribution in [0.5, 0.6) is 0 Å². The fourth-order valence-electron chi connectivity index (χ4n) is 2.13. The molecule has 0 aliphatic heterocycles. The molecule has 1 aliphatic rings. The van der Waals surface area contributed by atoms with E-state index in [1.807, 2.05) is 18.4 Å². The molecule has 0 saturated heterocycles. The molecule has 6 heteroatoms. The smallest absolute Gasteiger partial charge is 0.225 e. The first-order chi connectivity index (χ1) is 10.1. The average Bonchev–Trinajstić information content (AvgIpc) is 3.20. The number of thiazole rings is 1. The zero-order valence-corrected chi connectivity index (χ0v) is 12.8. The Morgan fingerprint density at radius 1 is 1.38 bits per heavy atom. The van der Waals surface area contributed by atoms with E-state index >= 15 is 0 Å². The van der Waals surface area contributed by atoms with Crippen molar-refractivity contribution in [3.05, 3.63) is 35.4 Å². The lowest BCUT2D eigenvalue weighted by molar-refractivity contribution is -0.116. The summed E-state index contributed by atoms with van der Waals surface area (Å²) in [7, 11) is 0. The lowest BCUT2D eigenvalue weighted by Gasteiger charge is -2.16. The number of hydrogen-bond acceptors (Lipinski definition) is 5. The summed E-state index contributed by atoms with van der Waals surface area (Å²) in [5, 5.41) is 2.75. The molecular weight excluding hydrogens is 284 g/mol. The van der Waals surface area contributed by atoms with E-state index in [2.05, 4.69) is 15.0 Å². The Bertz CT molecular complexity index is 676. The molecule has 1 amide bonds. The molecule has 108 valence electrons. The van der Waals surface area contributed by atoms with Crippen molar-refractivity contribution < 1.29 is 4.79 Å². The largest absolute Gasteiger partial charge is 0.285 e. The molecular formula is C15H16N4OS. The highest BCUT2D eigenvalue weighted by atomic mass is 32.1. The predicted molar refractivity (Wildman–Crippen MR) is 83.9 cm³/mol. The molecule has 0 atom stereocenters. The number of allylic oxidation sites excluding steroid dienone is 1. The highest BCUT2D eigenvalue weighted by Gasteiger charge is 2.33. The van der Waals surface area contributed by atoms with Crippen LogP contribution in [0, 0.1) is 0 Å². The topological polar surface area (TPSA) is 59.0 Å². The van der Waals surface area contributed by atoms with Gasteiger partial charge in [0.15, 0.2) is 5.13 Å². The minimum Gasteiger partial charge on any atom is -0.285 e. The van der Waals surface area contributed by atoms with Crippen molar-refractivity contribution in [2.75, 3.05) is 4.90 Å². The zero-order valence-electron chi connectivity index (χ0n) is 12.0. The number of rotatable bonds is 4. The van der Waals surface area contributed by atoms with Gasteiger partial charge in [0.05, 0.1) is 17.6 Å². The Morgan fingerprint density at radius 3 is 2.81 bits per heavy atom. The van der Waals surface area contributed by atoms with Crippen LogP contribution in [0.1, 0.15) is 38.1 Å². The van der Waals surface area contributed by atoms with Gasteiger partial charge in [-0.25, -0.2) is 4.98 Å². The Balaban J connectivity index is 1.83. The minimum atomic E-state index is 0.0630. The van der Waals surface area contributed by atoms with Crippen LogP contribution >= 0.6 is 11.3 Å². The monoisotopic (exact) mass is 300 g/mol. The third-order valence-corrected chi connectivity index (χ3v) is 4.16. The number of hydrogen-bond donors (Lipinski definition) is 0. The predicted octanol–water partition coefficient (Wildman–Crippen LogP) is 3.01. The van der Waals surface area contributed by atoms with Gasteiger partial charge in [0.25, 0.3) is 0 Å². The van der Waals surface area contributed by atoms with E-state index in [0.717, 1.165) is 34.9 Å². The van der Waals surface area contributed by atoms with Crippen LogP contribution in [-0.2, 0) is 4.79 Å². The summed E-state index contributed by atoms with van der Waals surface area (Å²) in [6.07, 6.45) is 9.16. The fraction of sp³-hybridized carbons (Fsp3) is 0.333. The second-order valence-electron chi connectivity index (χ2n) is 5.09. The standard InChI is InChI=1S/C15H16N4OS/c1-10(14-8-16-5-6-17-14)7-12-9-21-15(18-12)19(11(2)20)13-3-4-13/h5-9,13H,3-4H2,1-2H3/b10-7-. The van der Waals surface area contributed by atoms with Crippen LogP contribution in [0.15, 0.2) is 24.0 Å². The minimum absolute atomic E-state index is 0.0630. The lowest BCUT2D eigenvalue weighted by atomic mass is 10.2. The molecule has 1 aliphatic carbocycles. The summed E-state index contributed by atoms with van der Waals surface area (Å²) in [6.45, 7) is 3.58. The summed E-state index contributed by atoms with van der Waals surface area (Å²) in [6, 6.07) is 0.339. The lowest BCUT2D eigenvalue weighted by Crippen LogP contribution is -2.30. The van der Waals surface area contributed by atoms with Crippen LogP contribution < -0.4 is 4.90 Å². The summed E-state index contributed by atoms with van der Waals surface area (Å²) in [5.74, 6) is 0.0630. The number of nitrogens with zero attached hydrogens (tertiary/aromatic N) is 4. The van der Waals surface area contributed by atoms with Crippen molar-refractivity contribution in [1.29, 1.82) is 0 Å². The second kappa shape index (κ2) is 5.73. The highest BCUT2D eigenvalue weighted by molar-refractivity contribution is 7.14. The maximum atomic E-state index is 11.7. The molecule has 2 aromatic rings. The van der Waals surface area contributed by atoms with Gasteiger partial charge in [0.2, 0.25) is 5.91 Å². The molecule has 0 aromatic carbocycles. The Labute approximate surface area is 127 Å². The van der Waals surface area contributed by atoms with Gasteiger partial charge in [-0.3, -0.25) is 19.7 Å². The number of anilines is 1. The van der Waals surface area contributed by atoms with Gasteiger partial charge in [0.1, 0.15) is 0 Å². The third-order valence-electron chi connectivity index (χ3n) is 3.30. The van der Waals surface area contributed by atoms with Crippen molar-refractivity contribution in [2.24, 2.45) is 0 Å². The van der Waals surface area contributed by atoms with E-state index in [9.17, 15) is 4.79 Å². The SMILES string of the molecule is CC(=O)N(c1nc(/C=C(/C)c2cnccn2)cs1)C1CC1. The van der Waals surface area contributed by atoms with Crippen LogP contribution in [-0.4, -0.2) is 26.9 Å². The number of carbonyl (C=O) groups is 1. The highest BCUT2D eigenvalue weighted by Crippen LogP contribution is 2.34. The normalized spacial score (nSPS) is 15.0. The summed E-state index contributed by atoms with van der Waals surface area (Å²) in [5.41, 5.74) is 2.68. The van der Waals surface area contributed by atoms with Gasteiger partial charge >= 0.3 is 0 Å². The molecule has 2 heterocycles. The average molecular weight is 300 g/mol. The van der Waals surface area contributed by atoms with E-state index < -0.39 is 0 Å². The summed E-state index contributed by atoms with van der Waals surface area (Å²) >= 11 is 1.50. The molecule has 0 unspecified atom stereocenters. The molecule has 5 nitrogen and oxygen atoms in total. The Kier molecular flexibility index (Phi) is 3.79. The first-order valence-electron chi connectivity index (χ1n) is 6.85. The van der Waals surface area contributed by atoms with Gasteiger partial charge in [-0.05, 0) is 31.4 Å². The van der Waals surface area contributed by atoms with Gasteiger partial charge < -0.3 is 0 Å². The van der Waals surface area contributed by atoms with E-state index in [4.69, 9.17) is 0 Å². The van der Waals surface area contributed by atoms with E-state index in [1.54, 1.807) is 30.4 Å². The van der Waals surface area contributed by atoms with E-state index in [1.165, 1.54) is 11.3 Å². The number of aromatic nitrogens is 3. The Hall–Kier alpha value is -2.08. The second-order valence-corrected chi connectivity index (χ2v) is 5.93. The van der Waals surface area contributed by atoms with Crippen molar-refractivity contribution in [2.45, 2.75) is 32.7 Å². The fourth-order valence-corrected chi connectivity index (χ4v) is 3.03. The van der Waals surface area contributed by atoms with E-state index in [-0.39, 0.29) is 5.91 Å². The van der Waals surface area contributed by atoms with Gasteiger partial charge in [0, 0.05) is 30.7 Å². The molecule has 0 radical (unpaired) electrons. The van der Waals surface area contributed by atoms with Crippen LogP contribution in [0.4, 0.5) is 5.13 Å². The molecule has 0 bridgehead atoms. The van der Waals surface area contributed by atoms with Crippen LogP contribution in [0.2, 0.25) is 0 Å². The number of carbonyl (C=O) groups excluding carboxylic acids is 1. The molecule has 2 aromatic heterocycles. The molecule has 0 N–H and O–H groups in total. The maximum Gasteiger partial charge on any atom is 0.225 e. The van der Waals surface area contributed by atoms with Crippen LogP contribution in [0.3, 0.4) is 0 Å². The number of amides is 1. The molecule has 3 rings (SSSR count). The van der Waals surface area contributed by atoms with E-state index in [0.29, 0.717) is 6.04 Å². The zero-order chi connectivity index (χ0) is 14.8. The van der Waals surface area contributed by atoms with Gasteiger partial charge in [-0.15, -0.1) is 11.3 Å². The van der Waals surface area contributed by atoms with Crippen molar-refractivity contribution in [1.82, 2.24) is 15.0 Å². The Morgan fingerprint density at radius 2 is 2.19 bits per heavy atom. The molecule has 21 heavy (non-hydrogen) atoms. The quantitative estimate of drug-likeness (QED) is 0.871. The first kappa shape index (κ1) is 13.9. The van der Waals surface area contributed by atoms with Crippen molar-refractivity contribution in [3.63, 3.8) is 0 Å². The molecule has 1 fully saturated rings. The van der Waals surface area contributed by atoms with Crippen LogP contribution in [0.25, 0.3) is 11.6 Å². The van der Waals surface area contributed by atoms with Crippen molar-refractivity contribution in [3.8, 4) is 0 Å². The van der Waals surface area contributed by atoms with Gasteiger partial charge in [-0.1, -0.05) is 0 Å². The first-order valence-corrected chi connectivity index (χ1v) is 7.73. The maximum absolute atomic E-state index is 11.7. The summed E-state index contributed by atoms with van der Waals surface area (Å²) in [4.78, 5) is 26.4. The third kappa shape index (κ3) is 3.16. The van der Waals surface area contributed by atoms with Crippen molar-refractivity contribution >= 4 is 34.0 Å². The molecule has 1 saturated carbocycles. The van der Waals surface area contributed by atoms with Gasteiger partial charge in [-0.2, -0.15) is 0 Å².